The molecule has 0 saturated heterocycles. The average molecular weight is 190 g/mol. The van der Waals surface area contributed by atoms with Gasteiger partial charge in [0.2, 0.25) is 5.78 Å². The molecule has 0 radical (unpaired) electrons. The van der Waals surface area contributed by atoms with Gasteiger partial charge in [0.05, 0.1) is 0 Å². The van der Waals surface area contributed by atoms with Crippen LogP contribution in [-0.4, -0.2) is 5.78 Å². The minimum Gasteiger partial charge on any atom is -0.285 e. The predicted molar refractivity (Wildman–Crippen MR) is 58.7 cm³/mol. The van der Waals surface area contributed by atoms with Gasteiger partial charge >= 0.3 is 0 Å². The summed E-state index contributed by atoms with van der Waals surface area (Å²) < 4.78 is 0. The highest BCUT2D eigenvalue weighted by Crippen LogP contribution is 2.40. The van der Waals surface area contributed by atoms with Crippen LogP contribution in [0.15, 0.2) is 11.6 Å². The van der Waals surface area contributed by atoms with Crippen LogP contribution in [0.1, 0.15) is 40.5 Å². The van der Waals surface area contributed by atoms with Gasteiger partial charge < -0.3 is 0 Å². The number of Topliss-reactive ketones (excluding diaryl/α,β-unsaturated/α-hetero) is 1. The van der Waals surface area contributed by atoms with Crippen molar-refractivity contribution in [2.24, 2.45) is 11.3 Å². The van der Waals surface area contributed by atoms with Gasteiger partial charge in [-0.1, -0.05) is 31.4 Å². The Morgan fingerprint density at radius 2 is 2.21 bits per heavy atom. The van der Waals surface area contributed by atoms with Crippen LogP contribution < -0.4 is 0 Å². The molecule has 0 aromatic carbocycles. The summed E-state index contributed by atoms with van der Waals surface area (Å²) in [5.74, 6) is 5.97. The maximum Gasteiger partial charge on any atom is 0.202 e. The van der Waals surface area contributed by atoms with E-state index in [0.717, 1.165) is 12.8 Å². The van der Waals surface area contributed by atoms with E-state index in [9.17, 15) is 4.79 Å². The highest BCUT2D eigenvalue weighted by Gasteiger charge is 2.31. The zero-order valence-corrected chi connectivity index (χ0v) is 9.48. The van der Waals surface area contributed by atoms with E-state index in [1.54, 1.807) is 0 Å². The van der Waals surface area contributed by atoms with E-state index >= 15 is 0 Å². The Hall–Kier alpha value is -1.03. The van der Waals surface area contributed by atoms with Crippen molar-refractivity contribution >= 4 is 5.78 Å². The normalized spacial score (nSPS) is 24.6. The lowest BCUT2D eigenvalue weighted by Crippen LogP contribution is -2.26. The van der Waals surface area contributed by atoms with Crippen molar-refractivity contribution in [2.75, 3.05) is 0 Å². The summed E-state index contributed by atoms with van der Waals surface area (Å²) in [5.41, 5.74) is 1.52. The molecule has 0 bridgehead atoms. The zero-order chi connectivity index (χ0) is 10.8. The average Bonchev–Trinajstić information content (AvgIpc) is 2.01. The van der Waals surface area contributed by atoms with Gasteiger partial charge in [0.15, 0.2) is 0 Å². The molecule has 0 saturated carbocycles. The van der Waals surface area contributed by atoms with Crippen LogP contribution in [0.2, 0.25) is 0 Å². The fourth-order valence-corrected chi connectivity index (χ4v) is 2.03. The first kappa shape index (κ1) is 11.0. The van der Waals surface area contributed by atoms with Crippen LogP contribution in [-0.2, 0) is 4.79 Å². The maximum atomic E-state index is 10.8. The summed E-state index contributed by atoms with van der Waals surface area (Å²) in [6, 6.07) is 0. The van der Waals surface area contributed by atoms with Crippen LogP contribution in [0.5, 0.6) is 0 Å². The first-order valence-corrected chi connectivity index (χ1v) is 5.12. The highest BCUT2D eigenvalue weighted by atomic mass is 16.1. The molecule has 0 heterocycles. The van der Waals surface area contributed by atoms with E-state index in [-0.39, 0.29) is 17.1 Å². The van der Waals surface area contributed by atoms with Crippen molar-refractivity contribution in [3.8, 4) is 11.8 Å². The van der Waals surface area contributed by atoms with Crippen molar-refractivity contribution in [1.82, 2.24) is 0 Å². The lowest BCUT2D eigenvalue weighted by Gasteiger charge is -2.35. The van der Waals surface area contributed by atoms with E-state index in [2.05, 4.69) is 38.7 Å². The molecule has 0 N–H and O–H groups in total. The zero-order valence-electron chi connectivity index (χ0n) is 9.48. The largest absolute Gasteiger partial charge is 0.285 e. The number of allylic oxidation sites excluding steroid dienone is 2. The second-order valence-electron chi connectivity index (χ2n) is 4.73. The van der Waals surface area contributed by atoms with E-state index in [4.69, 9.17) is 0 Å². The molecule has 1 atom stereocenters. The van der Waals surface area contributed by atoms with E-state index in [0.29, 0.717) is 0 Å². The predicted octanol–water partition coefficient (Wildman–Crippen LogP) is 2.96. The quantitative estimate of drug-likeness (QED) is 0.326. The number of carbonyl (C=O) groups is 1. The second kappa shape index (κ2) is 4.00. The molecular formula is C13H18O. The van der Waals surface area contributed by atoms with Crippen LogP contribution in [0.25, 0.3) is 0 Å². The summed E-state index contributed by atoms with van der Waals surface area (Å²) in [6.45, 7) is 8.08. The molecule has 0 aromatic rings. The minimum absolute atomic E-state index is 0.0424. The number of hydrogen-bond acceptors (Lipinski definition) is 1. The van der Waals surface area contributed by atoms with Gasteiger partial charge in [0, 0.05) is 12.8 Å². The van der Waals surface area contributed by atoms with Crippen LogP contribution in [0.3, 0.4) is 0 Å². The topological polar surface area (TPSA) is 17.1 Å². The smallest absolute Gasteiger partial charge is 0.202 e. The van der Waals surface area contributed by atoms with Crippen molar-refractivity contribution in [3.05, 3.63) is 11.6 Å². The fourth-order valence-electron chi connectivity index (χ4n) is 2.03. The number of hydrogen-bond donors (Lipinski definition) is 0. The van der Waals surface area contributed by atoms with Gasteiger partial charge in [-0.25, -0.2) is 0 Å². The van der Waals surface area contributed by atoms with E-state index < -0.39 is 0 Å². The summed E-state index contributed by atoms with van der Waals surface area (Å²) in [5, 5.41) is 0. The Bertz CT molecular complexity index is 323. The maximum absolute atomic E-state index is 10.8. The molecule has 0 aliphatic heterocycles. The summed E-state index contributed by atoms with van der Waals surface area (Å²) in [6.07, 6.45) is 4.53. The van der Waals surface area contributed by atoms with Gasteiger partial charge in [-0.2, -0.15) is 0 Å². The summed E-state index contributed by atoms with van der Waals surface area (Å²) in [4.78, 5) is 10.8. The third kappa shape index (κ3) is 2.48. The molecule has 0 fully saturated rings. The molecule has 1 rings (SSSR count). The van der Waals surface area contributed by atoms with Gasteiger partial charge in [0.25, 0.3) is 0 Å². The molecule has 1 aliphatic rings. The van der Waals surface area contributed by atoms with E-state index in [1.807, 2.05) is 0 Å². The molecule has 0 spiro atoms. The van der Waals surface area contributed by atoms with Crippen molar-refractivity contribution in [3.63, 3.8) is 0 Å². The third-order valence-electron chi connectivity index (χ3n) is 2.88. The molecule has 14 heavy (non-hydrogen) atoms. The van der Waals surface area contributed by atoms with Gasteiger partial charge in [-0.3, -0.25) is 4.79 Å². The fraction of sp³-hybridized carbons (Fsp3) is 0.615. The summed E-state index contributed by atoms with van der Waals surface area (Å²) >= 11 is 0. The molecule has 0 amide bonds. The minimum atomic E-state index is -0.0424. The standard InChI is InChI=1S/C13H18O/c1-10-6-5-9-13(3,4)12(10)8-7-11(2)14/h6,12H,5,9H2,1-4H3. The van der Waals surface area contributed by atoms with Crippen LogP contribution in [0, 0.1) is 23.2 Å². The summed E-state index contributed by atoms with van der Waals surface area (Å²) in [7, 11) is 0. The monoisotopic (exact) mass is 190 g/mol. The lowest BCUT2D eigenvalue weighted by molar-refractivity contribution is -0.111. The second-order valence-corrected chi connectivity index (χ2v) is 4.73. The highest BCUT2D eigenvalue weighted by molar-refractivity contribution is 5.93. The molecule has 76 valence electrons. The number of ketones is 1. The molecule has 1 heteroatoms. The Morgan fingerprint density at radius 3 is 2.71 bits per heavy atom. The Balaban J connectivity index is 2.94. The first-order valence-electron chi connectivity index (χ1n) is 5.12. The molecule has 1 aliphatic carbocycles. The van der Waals surface area contributed by atoms with E-state index in [1.165, 1.54) is 12.5 Å². The third-order valence-corrected chi connectivity index (χ3v) is 2.88. The Morgan fingerprint density at radius 1 is 1.57 bits per heavy atom. The first-order chi connectivity index (χ1) is 6.43. The Labute approximate surface area is 86.6 Å². The van der Waals surface area contributed by atoms with Crippen molar-refractivity contribution in [1.29, 1.82) is 0 Å². The van der Waals surface area contributed by atoms with Gasteiger partial charge in [-0.05, 0) is 31.1 Å². The van der Waals surface area contributed by atoms with Crippen molar-refractivity contribution < 1.29 is 4.79 Å². The van der Waals surface area contributed by atoms with Crippen LogP contribution in [0.4, 0.5) is 0 Å². The van der Waals surface area contributed by atoms with Crippen LogP contribution >= 0.6 is 0 Å². The van der Waals surface area contributed by atoms with Crippen molar-refractivity contribution in [2.45, 2.75) is 40.5 Å². The number of carbonyl (C=O) groups excluding carboxylic acids is 1. The van der Waals surface area contributed by atoms with Gasteiger partial charge in [0.1, 0.15) is 0 Å². The number of rotatable bonds is 0. The Kier molecular flexibility index (Phi) is 3.16. The molecule has 1 nitrogen and oxygen atoms in total. The molecular weight excluding hydrogens is 172 g/mol. The molecule has 0 aromatic heterocycles. The molecule has 1 unspecified atom stereocenters. The SMILES string of the molecule is CC(=O)C#CC1C(C)=CCCC1(C)C. The van der Waals surface area contributed by atoms with Gasteiger partial charge in [-0.15, -0.1) is 0 Å². The lowest BCUT2D eigenvalue weighted by atomic mass is 9.69.